The molecule has 4 heteroatoms. The molecule has 0 aliphatic carbocycles. The molecule has 156 valence electrons. The Kier molecular flexibility index (Phi) is 8.78. The highest BCUT2D eigenvalue weighted by Gasteiger charge is 2.23. The van der Waals surface area contributed by atoms with Crippen molar-refractivity contribution in [1.29, 1.82) is 0 Å². The van der Waals surface area contributed by atoms with E-state index in [1.54, 1.807) is 0 Å². The first kappa shape index (κ1) is 22.5. The molecule has 0 saturated heterocycles. The van der Waals surface area contributed by atoms with Crippen molar-refractivity contribution in [3.8, 4) is 11.5 Å². The summed E-state index contributed by atoms with van der Waals surface area (Å²) >= 11 is 0. The lowest BCUT2D eigenvalue weighted by Crippen LogP contribution is -2.18. The molecule has 0 unspecified atom stereocenters. The number of ether oxygens (including phenoxy) is 3. The van der Waals surface area contributed by atoms with Gasteiger partial charge in [0.05, 0.1) is 19.8 Å². The molecular formula is C25H32O4. The van der Waals surface area contributed by atoms with Gasteiger partial charge in [-0.2, -0.15) is 0 Å². The average Bonchev–Trinajstić information content (AvgIpc) is 2.74. The first-order valence-corrected chi connectivity index (χ1v) is 10.2. The molecule has 0 atom stereocenters. The van der Waals surface area contributed by atoms with E-state index in [4.69, 9.17) is 14.2 Å². The van der Waals surface area contributed by atoms with Gasteiger partial charge in [0.25, 0.3) is 0 Å². The van der Waals surface area contributed by atoms with E-state index in [-0.39, 0.29) is 5.41 Å². The van der Waals surface area contributed by atoms with E-state index in [0.29, 0.717) is 19.6 Å². The summed E-state index contributed by atoms with van der Waals surface area (Å²) in [5.74, 6) is 1.32. The molecule has 0 aromatic heterocycles. The molecule has 2 aromatic rings. The lowest BCUT2D eigenvalue weighted by molar-refractivity contribution is -0.137. The van der Waals surface area contributed by atoms with E-state index >= 15 is 0 Å². The molecule has 2 aromatic carbocycles. The smallest absolute Gasteiger partial charge is 0.330 e. The molecule has 0 saturated carbocycles. The third-order valence-electron chi connectivity index (χ3n) is 4.89. The standard InChI is InChI=1S/C25H32O4/c1-5-7-17-27-22-13-9-20(10-14-22)25(3,4)21-11-15-23(16-12-21)28-18-8-19-29-24(26)6-2/h6,9-16H,2,5,7-8,17-19H2,1,3-4H3. The van der Waals surface area contributed by atoms with Crippen LogP contribution < -0.4 is 9.47 Å². The maximum Gasteiger partial charge on any atom is 0.330 e. The van der Waals surface area contributed by atoms with Crippen LogP contribution in [0.1, 0.15) is 51.2 Å². The van der Waals surface area contributed by atoms with Gasteiger partial charge in [-0.3, -0.25) is 0 Å². The maximum absolute atomic E-state index is 11.0. The Balaban J connectivity index is 1.90. The van der Waals surface area contributed by atoms with Gasteiger partial charge < -0.3 is 14.2 Å². The van der Waals surface area contributed by atoms with Gasteiger partial charge in [-0.25, -0.2) is 4.79 Å². The zero-order chi connectivity index (χ0) is 21.1. The van der Waals surface area contributed by atoms with Gasteiger partial charge >= 0.3 is 5.97 Å². The number of carbonyl (C=O) groups is 1. The lowest BCUT2D eigenvalue weighted by Gasteiger charge is -2.26. The molecule has 29 heavy (non-hydrogen) atoms. The molecule has 0 heterocycles. The van der Waals surface area contributed by atoms with E-state index in [2.05, 4.69) is 51.6 Å². The van der Waals surface area contributed by atoms with Gasteiger partial charge in [0.1, 0.15) is 11.5 Å². The summed E-state index contributed by atoms with van der Waals surface area (Å²) in [4.78, 5) is 11.0. The molecule has 4 nitrogen and oxygen atoms in total. The number of unbranched alkanes of at least 4 members (excludes halogenated alkanes) is 1. The Bertz CT molecular complexity index is 760. The molecule has 0 bridgehead atoms. The Hall–Kier alpha value is -2.75. The molecule has 2 rings (SSSR count). The summed E-state index contributed by atoms with van der Waals surface area (Å²) in [5.41, 5.74) is 2.32. The number of carbonyl (C=O) groups excluding carboxylic acids is 1. The Labute approximate surface area is 174 Å². The van der Waals surface area contributed by atoms with E-state index in [1.807, 2.05) is 24.3 Å². The van der Waals surface area contributed by atoms with Crippen LogP contribution in [0.2, 0.25) is 0 Å². The quantitative estimate of drug-likeness (QED) is 0.263. The monoisotopic (exact) mass is 396 g/mol. The number of esters is 1. The maximum atomic E-state index is 11.0. The van der Waals surface area contributed by atoms with Crippen molar-refractivity contribution >= 4 is 5.97 Å². The summed E-state index contributed by atoms with van der Waals surface area (Å²) in [7, 11) is 0. The number of benzene rings is 2. The third kappa shape index (κ3) is 6.97. The van der Waals surface area contributed by atoms with Crippen molar-refractivity contribution in [3.63, 3.8) is 0 Å². The number of hydrogen-bond donors (Lipinski definition) is 0. The minimum absolute atomic E-state index is 0.126. The minimum Gasteiger partial charge on any atom is -0.494 e. The van der Waals surface area contributed by atoms with Crippen LogP contribution in [-0.2, 0) is 14.9 Å². The fourth-order valence-corrected chi connectivity index (χ4v) is 2.92. The second-order valence-corrected chi connectivity index (χ2v) is 7.45. The van der Waals surface area contributed by atoms with Crippen LogP contribution in [0.25, 0.3) is 0 Å². The SMILES string of the molecule is C=CC(=O)OCCCOc1ccc(C(C)(C)c2ccc(OCCCC)cc2)cc1. The van der Waals surface area contributed by atoms with Gasteiger partial charge in [0.2, 0.25) is 0 Å². The van der Waals surface area contributed by atoms with Crippen LogP contribution >= 0.6 is 0 Å². The first-order chi connectivity index (χ1) is 14.0. The van der Waals surface area contributed by atoms with Crippen LogP contribution in [0.4, 0.5) is 0 Å². The fourth-order valence-electron chi connectivity index (χ4n) is 2.92. The van der Waals surface area contributed by atoms with Crippen molar-refractivity contribution in [2.45, 2.75) is 45.4 Å². The van der Waals surface area contributed by atoms with Crippen LogP contribution in [0.3, 0.4) is 0 Å². The number of rotatable bonds is 12. The van der Waals surface area contributed by atoms with Crippen molar-refractivity contribution in [2.75, 3.05) is 19.8 Å². The van der Waals surface area contributed by atoms with Crippen molar-refractivity contribution in [2.24, 2.45) is 0 Å². The zero-order valence-corrected chi connectivity index (χ0v) is 17.8. The summed E-state index contributed by atoms with van der Waals surface area (Å²) in [6.45, 7) is 11.5. The van der Waals surface area contributed by atoms with Crippen LogP contribution in [0, 0.1) is 0 Å². The predicted octanol–water partition coefficient (Wildman–Crippen LogP) is 5.69. The number of hydrogen-bond acceptors (Lipinski definition) is 4. The minimum atomic E-state index is -0.405. The Morgan fingerprint density at radius 3 is 1.79 bits per heavy atom. The summed E-state index contributed by atoms with van der Waals surface area (Å²) < 4.78 is 16.4. The fraction of sp³-hybridized carbons (Fsp3) is 0.400. The lowest BCUT2D eigenvalue weighted by atomic mass is 9.78. The molecule has 0 fully saturated rings. The Morgan fingerprint density at radius 1 is 0.862 bits per heavy atom. The van der Waals surface area contributed by atoms with Gasteiger partial charge in [-0.05, 0) is 41.8 Å². The normalized spacial score (nSPS) is 11.0. The zero-order valence-electron chi connectivity index (χ0n) is 17.8. The topological polar surface area (TPSA) is 44.8 Å². The first-order valence-electron chi connectivity index (χ1n) is 10.2. The highest BCUT2D eigenvalue weighted by atomic mass is 16.5. The molecule has 0 amide bonds. The molecule has 0 aliphatic heterocycles. The van der Waals surface area contributed by atoms with Crippen molar-refractivity contribution in [1.82, 2.24) is 0 Å². The van der Waals surface area contributed by atoms with Crippen LogP contribution in [0.15, 0.2) is 61.2 Å². The Morgan fingerprint density at radius 2 is 1.34 bits per heavy atom. The third-order valence-corrected chi connectivity index (χ3v) is 4.89. The average molecular weight is 397 g/mol. The van der Waals surface area contributed by atoms with E-state index in [0.717, 1.165) is 37.0 Å². The summed E-state index contributed by atoms with van der Waals surface area (Å²) in [6.07, 6.45) is 4.00. The van der Waals surface area contributed by atoms with Gasteiger partial charge in [-0.15, -0.1) is 0 Å². The van der Waals surface area contributed by atoms with Gasteiger partial charge in [-0.1, -0.05) is 58.0 Å². The second kappa shape index (κ2) is 11.3. The second-order valence-electron chi connectivity index (χ2n) is 7.45. The molecule has 0 radical (unpaired) electrons. The molecule has 0 spiro atoms. The molecule has 0 N–H and O–H groups in total. The van der Waals surface area contributed by atoms with Crippen LogP contribution in [0.5, 0.6) is 11.5 Å². The predicted molar refractivity (Wildman–Crippen MR) is 117 cm³/mol. The highest BCUT2D eigenvalue weighted by molar-refractivity contribution is 5.81. The van der Waals surface area contributed by atoms with E-state index in [9.17, 15) is 4.79 Å². The van der Waals surface area contributed by atoms with Crippen LogP contribution in [-0.4, -0.2) is 25.8 Å². The van der Waals surface area contributed by atoms with Crippen molar-refractivity contribution < 1.29 is 19.0 Å². The summed E-state index contributed by atoms with van der Waals surface area (Å²) in [6, 6.07) is 16.5. The largest absolute Gasteiger partial charge is 0.494 e. The molecule has 0 aliphatic rings. The van der Waals surface area contributed by atoms with Gasteiger partial charge in [0.15, 0.2) is 0 Å². The van der Waals surface area contributed by atoms with E-state index in [1.165, 1.54) is 11.1 Å². The van der Waals surface area contributed by atoms with E-state index < -0.39 is 5.97 Å². The molecular weight excluding hydrogens is 364 g/mol. The summed E-state index contributed by atoms with van der Waals surface area (Å²) in [5, 5.41) is 0. The van der Waals surface area contributed by atoms with Gasteiger partial charge in [0, 0.05) is 17.9 Å². The van der Waals surface area contributed by atoms with Crippen molar-refractivity contribution in [3.05, 3.63) is 72.3 Å². The highest BCUT2D eigenvalue weighted by Crippen LogP contribution is 2.33.